The summed E-state index contributed by atoms with van der Waals surface area (Å²) >= 11 is 0. The van der Waals surface area contributed by atoms with Crippen LogP contribution in [0.25, 0.3) is 5.57 Å². The highest BCUT2D eigenvalue weighted by Crippen LogP contribution is 2.40. The van der Waals surface area contributed by atoms with Gasteiger partial charge in [0.15, 0.2) is 6.04 Å². The van der Waals surface area contributed by atoms with Gasteiger partial charge in [0.2, 0.25) is 0 Å². The minimum absolute atomic E-state index is 0.233. The van der Waals surface area contributed by atoms with Gasteiger partial charge in [-0.1, -0.05) is 18.2 Å². The number of hydrogen-bond acceptors (Lipinski definition) is 5. The van der Waals surface area contributed by atoms with Gasteiger partial charge in [0.05, 0.1) is 24.0 Å². The van der Waals surface area contributed by atoms with Crippen LogP contribution in [0.4, 0.5) is 5.69 Å². The Balaban J connectivity index is 2.55. The Bertz CT molecular complexity index is 582. The molecule has 1 aliphatic heterocycles. The SMILES string of the molecule is COC(=O)[C@@H]1C(=C=O)c2ccccc2N1OC(C)(C)C. The number of nitrogens with zero attached hydrogens (tertiary/aromatic N) is 1. The van der Waals surface area contributed by atoms with Gasteiger partial charge in [-0.15, -0.1) is 0 Å². The summed E-state index contributed by atoms with van der Waals surface area (Å²) in [6, 6.07) is 6.25. The van der Waals surface area contributed by atoms with E-state index >= 15 is 0 Å². The topological polar surface area (TPSA) is 55.8 Å². The quantitative estimate of drug-likeness (QED) is 0.610. The molecule has 106 valence electrons. The maximum Gasteiger partial charge on any atom is 0.336 e. The van der Waals surface area contributed by atoms with Gasteiger partial charge in [-0.05, 0) is 26.8 Å². The number of carbonyl (C=O) groups excluding carboxylic acids is 2. The van der Waals surface area contributed by atoms with Crippen molar-refractivity contribution in [2.45, 2.75) is 32.4 Å². The molecule has 20 heavy (non-hydrogen) atoms. The van der Waals surface area contributed by atoms with E-state index in [2.05, 4.69) is 0 Å². The third-order valence-electron chi connectivity index (χ3n) is 2.85. The third-order valence-corrected chi connectivity index (χ3v) is 2.85. The molecule has 1 atom stereocenters. The lowest BCUT2D eigenvalue weighted by Crippen LogP contribution is -2.43. The largest absolute Gasteiger partial charge is 0.467 e. The van der Waals surface area contributed by atoms with Crippen molar-refractivity contribution in [3.63, 3.8) is 0 Å². The standard InChI is InChI=1S/C15H17NO4/c1-15(2,3)20-16-12-8-6-5-7-10(12)11(9-17)13(16)14(18)19-4/h5-8,13H,1-4H3/t13-/m0/s1. The molecule has 0 saturated heterocycles. The van der Waals surface area contributed by atoms with E-state index in [-0.39, 0.29) is 5.57 Å². The van der Waals surface area contributed by atoms with Crippen LogP contribution in [0.2, 0.25) is 0 Å². The van der Waals surface area contributed by atoms with Crippen LogP contribution in [0.1, 0.15) is 26.3 Å². The molecule has 0 spiro atoms. The van der Waals surface area contributed by atoms with Gasteiger partial charge >= 0.3 is 5.97 Å². The molecule has 0 bridgehead atoms. The zero-order chi connectivity index (χ0) is 14.9. The summed E-state index contributed by atoms with van der Waals surface area (Å²) in [6.45, 7) is 5.60. The number of methoxy groups -OCH3 is 1. The zero-order valence-corrected chi connectivity index (χ0v) is 12.0. The summed E-state index contributed by atoms with van der Waals surface area (Å²) in [4.78, 5) is 29.1. The number of benzene rings is 1. The molecule has 0 aromatic heterocycles. The number of para-hydroxylation sites is 1. The predicted octanol–water partition coefficient (Wildman–Crippen LogP) is 1.99. The molecular formula is C15H17NO4. The number of hydroxylamine groups is 1. The van der Waals surface area contributed by atoms with Crippen molar-refractivity contribution in [1.82, 2.24) is 0 Å². The molecule has 1 heterocycles. The van der Waals surface area contributed by atoms with Crippen LogP contribution in [0, 0.1) is 0 Å². The van der Waals surface area contributed by atoms with E-state index in [1.54, 1.807) is 18.2 Å². The van der Waals surface area contributed by atoms with E-state index in [0.29, 0.717) is 11.3 Å². The molecular weight excluding hydrogens is 258 g/mol. The van der Waals surface area contributed by atoms with Crippen molar-refractivity contribution >= 4 is 23.2 Å². The average molecular weight is 275 g/mol. The molecule has 0 amide bonds. The third kappa shape index (κ3) is 2.46. The molecule has 0 unspecified atom stereocenters. The van der Waals surface area contributed by atoms with Gasteiger partial charge in [-0.2, -0.15) is 0 Å². The Kier molecular flexibility index (Phi) is 3.66. The fourth-order valence-electron chi connectivity index (χ4n) is 2.13. The Morgan fingerprint density at radius 3 is 2.50 bits per heavy atom. The number of hydrogen-bond donors (Lipinski definition) is 0. The Morgan fingerprint density at radius 1 is 1.30 bits per heavy atom. The molecule has 1 aromatic carbocycles. The van der Waals surface area contributed by atoms with Crippen LogP contribution in [0.3, 0.4) is 0 Å². The van der Waals surface area contributed by atoms with Crippen LogP contribution in [-0.2, 0) is 19.2 Å². The highest BCUT2D eigenvalue weighted by atomic mass is 16.7. The highest BCUT2D eigenvalue weighted by molar-refractivity contribution is 6.09. The summed E-state index contributed by atoms with van der Waals surface area (Å²) in [6.07, 6.45) is 0. The summed E-state index contributed by atoms with van der Waals surface area (Å²) in [5.74, 6) is 1.29. The molecule has 0 saturated carbocycles. The van der Waals surface area contributed by atoms with Crippen molar-refractivity contribution in [1.29, 1.82) is 0 Å². The predicted molar refractivity (Wildman–Crippen MR) is 74.7 cm³/mol. The average Bonchev–Trinajstić information content (AvgIpc) is 2.70. The van der Waals surface area contributed by atoms with Crippen LogP contribution < -0.4 is 5.06 Å². The first kappa shape index (κ1) is 14.3. The van der Waals surface area contributed by atoms with Crippen LogP contribution >= 0.6 is 0 Å². The monoisotopic (exact) mass is 275 g/mol. The van der Waals surface area contributed by atoms with Gasteiger partial charge in [0, 0.05) is 5.56 Å². The second kappa shape index (κ2) is 5.12. The Labute approximate surface area is 117 Å². The van der Waals surface area contributed by atoms with Crippen molar-refractivity contribution in [3.8, 4) is 0 Å². The highest BCUT2D eigenvalue weighted by Gasteiger charge is 2.43. The number of anilines is 1. The molecule has 1 aromatic rings. The van der Waals surface area contributed by atoms with Gasteiger partial charge < -0.3 is 4.74 Å². The van der Waals surface area contributed by atoms with Crippen molar-refractivity contribution in [2.24, 2.45) is 0 Å². The lowest BCUT2D eigenvalue weighted by atomic mass is 10.0. The van der Waals surface area contributed by atoms with Gasteiger partial charge in [-0.25, -0.2) is 14.7 Å². The number of fused-ring (bicyclic) bond motifs is 1. The molecule has 5 heteroatoms. The fourth-order valence-corrected chi connectivity index (χ4v) is 2.13. The molecule has 1 aliphatic rings. The van der Waals surface area contributed by atoms with E-state index in [1.807, 2.05) is 32.8 Å². The van der Waals surface area contributed by atoms with Crippen molar-refractivity contribution in [2.75, 3.05) is 12.2 Å². The Hall–Kier alpha value is -2.10. The zero-order valence-electron chi connectivity index (χ0n) is 12.0. The normalized spacial score (nSPS) is 17.7. The maximum atomic E-state index is 12.0. The molecule has 5 nitrogen and oxygen atoms in total. The summed E-state index contributed by atoms with van der Waals surface area (Å²) in [7, 11) is 1.28. The number of rotatable bonds is 2. The molecule has 0 fully saturated rings. The minimum Gasteiger partial charge on any atom is -0.467 e. The van der Waals surface area contributed by atoms with Gasteiger partial charge in [0.1, 0.15) is 5.94 Å². The first-order valence-corrected chi connectivity index (χ1v) is 6.29. The smallest absolute Gasteiger partial charge is 0.336 e. The lowest BCUT2D eigenvalue weighted by molar-refractivity contribution is -0.144. The maximum absolute atomic E-state index is 12.0. The van der Waals surface area contributed by atoms with E-state index < -0.39 is 17.6 Å². The van der Waals surface area contributed by atoms with Crippen molar-refractivity contribution in [3.05, 3.63) is 29.8 Å². The molecule has 2 rings (SSSR count). The van der Waals surface area contributed by atoms with E-state index in [0.717, 1.165) is 0 Å². The molecule has 0 N–H and O–H groups in total. The van der Waals surface area contributed by atoms with Gasteiger partial charge in [-0.3, -0.25) is 4.84 Å². The number of carbonyl (C=O) groups is 1. The van der Waals surface area contributed by atoms with E-state index in [9.17, 15) is 9.59 Å². The van der Waals surface area contributed by atoms with Crippen LogP contribution in [0.15, 0.2) is 24.3 Å². The van der Waals surface area contributed by atoms with Crippen LogP contribution in [0.5, 0.6) is 0 Å². The summed E-state index contributed by atoms with van der Waals surface area (Å²) in [5, 5.41) is 1.43. The molecule has 0 aliphatic carbocycles. The number of ether oxygens (including phenoxy) is 1. The second-order valence-corrected chi connectivity index (χ2v) is 5.49. The van der Waals surface area contributed by atoms with Gasteiger partial charge in [0.25, 0.3) is 0 Å². The van der Waals surface area contributed by atoms with Crippen LogP contribution in [-0.4, -0.2) is 30.7 Å². The second-order valence-electron chi connectivity index (χ2n) is 5.49. The molecule has 0 radical (unpaired) electrons. The van der Waals surface area contributed by atoms with E-state index in [4.69, 9.17) is 9.57 Å². The minimum atomic E-state index is -0.922. The number of esters is 1. The summed E-state index contributed by atoms with van der Waals surface area (Å²) < 4.78 is 4.78. The Morgan fingerprint density at radius 2 is 1.95 bits per heavy atom. The van der Waals surface area contributed by atoms with E-state index in [1.165, 1.54) is 12.2 Å². The fraction of sp³-hybridized carbons (Fsp3) is 0.400. The summed E-state index contributed by atoms with van der Waals surface area (Å²) in [5.41, 5.74) is 1.02. The lowest BCUT2D eigenvalue weighted by Gasteiger charge is -2.31. The van der Waals surface area contributed by atoms with Crippen molar-refractivity contribution < 1.29 is 19.2 Å². The first-order chi connectivity index (χ1) is 9.39. The first-order valence-electron chi connectivity index (χ1n) is 6.29.